The zero-order valence-electron chi connectivity index (χ0n) is 13.0. The molecule has 2 rings (SSSR count). The van der Waals surface area contributed by atoms with E-state index in [1.54, 1.807) is 11.4 Å². The van der Waals surface area contributed by atoms with Gasteiger partial charge in [0.25, 0.3) is 5.91 Å². The molecule has 25 heavy (non-hydrogen) atoms. The number of ether oxygens (including phenoxy) is 1. The van der Waals surface area contributed by atoms with Crippen LogP contribution in [0, 0.1) is 0 Å². The highest BCUT2D eigenvalue weighted by Crippen LogP contribution is 2.26. The molecule has 3 N–H and O–H groups in total. The van der Waals surface area contributed by atoms with Gasteiger partial charge < -0.3 is 15.8 Å². The topological polar surface area (TPSA) is 77.2 Å². The van der Waals surface area contributed by atoms with E-state index in [1.807, 2.05) is 0 Å². The van der Waals surface area contributed by atoms with E-state index >= 15 is 0 Å². The fraction of sp³-hybridized carbons (Fsp3) is 0.333. The van der Waals surface area contributed by atoms with Crippen molar-refractivity contribution in [1.29, 1.82) is 0 Å². The lowest BCUT2D eigenvalue weighted by atomic mass is 10.1. The molecule has 0 spiro atoms. The fourth-order valence-electron chi connectivity index (χ4n) is 1.99. The second-order valence-corrected chi connectivity index (χ2v) is 5.77. The van der Waals surface area contributed by atoms with E-state index in [1.165, 1.54) is 29.5 Å². The smallest absolute Gasteiger partial charge is 0.406 e. The molecule has 0 saturated heterocycles. The Kier molecular flexibility index (Phi) is 8.14. The van der Waals surface area contributed by atoms with E-state index in [-0.39, 0.29) is 42.7 Å². The van der Waals surface area contributed by atoms with Crippen LogP contribution in [0.15, 0.2) is 29.6 Å². The van der Waals surface area contributed by atoms with Gasteiger partial charge in [-0.15, -0.1) is 36.9 Å². The number of amides is 1. The lowest BCUT2D eigenvalue weighted by Gasteiger charge is -2.13. The van der Waals surface area contributed by atoms with Gasteiger partial charge in [0.1, 0.15) is 11.4 Å². The average Bonchev–Trinajstić information content (AvgIpc) is 2.96. The number of rotatable bonds is 7. The molecule has 0 bridgehead atoms. The molecule has 0 aliphatic rings. The lowest BCUT2D eigenvalue weighted by molar-refractivity contribution is -0.274. The molecular formula is C15H17ClF3N3O2S. The number of hydrogen-bond acceptors (Lipinski definition) is 5. The molecule has 0 radical (unpaired) electrons. The van der Waals surface area contributed by atoms with Gasteiger partial charge in [0.15, 0.2) is 0 Å². The van der Waals surface area contributed by atoms with Crippen LogP contribution in [0.3, 0.4) is 0 Å². The van der Waals surface area contributed by atoms with Crippen LogP contribution in [-0.4, -0.2) is 30.3 Å². The van der Waals surface area contributed by atoms with E-state index in [0.717, 1.165) is 5.01 Å². The maximum Gasteiger partial charge on any atom is 0.573 e. The van der Waals surface area contributed by atoms with E-state index in [2.05, 4.69) is 15.0 Å². The predicted octanol–water partition coefficient (Wildman–Crippen LogP) is 2.94. The normalized spacial score (nSPS) is 10.9. The number of nitrogens with one attached hydrogen (secondary N) is 1. The largest absolute Gasteiger partial charge is 0.573 e. The monoisotopic (exact) mass is 395 g/mol. The van der Waals surface area contributed by atoms with Crippen molar-refractivity contribution in [3.8, 4) is 5.75 Å². The first-order valence-corrected chi connectivity index (χ1v) is 8.03. The van der Waals surface area contributed by atoms with Gasteiger partial charge in [0.05, 0.1) is 5.01 Å². The third kappa shape index (κ3) is 6.89. The number of carbonyl (C=O) groups is 1. The number of alkyl halides is 3. The second-order valence-electron chi connectivity index (χ2n) is 4.83. The van der Waals surface area contributed by atoms with Crippen molar-refractivity contribution >= 4 is 29.7 Å². The quantitative estimate of drug-likeness (QED) is 0.755. The summed E-state index contributed by atoms with van der Waals surface area (Å²) in [5, 5.41) is 5.03. The molecule has 10 heteroatoms. The van der Waals surface area contributed by atoms with Crippen LogP contribution >= 0.6 is 23.7 Å². The highest BCUT2D eigenvalue weighted by atomic mass is 35.5. The number of carbonyl (C=O) groups excluding carboxylic acids is 1. The molecule has 1 amide bonds. The molecule has 0 saturated carbocycles. The first kappa shape index (κ1) is 21.2. The van der Waals surface area contributed by atoms with Crippen LogP contribution in [0.5, 0.6) is 5.75 Å². The number of aromatic nitrogens is 1. The summed E-state index contributed by atoms with van der Waals surface area (Å²) < 4.78 is 41.0. The van der Waals surface area contributed by atoms with Crippen molar-refractivity contribution in [3.05, 3.63) is 45.9 Å². The third-order valence-electron chi connectivity index (χ3n) is 3.02. The zero-order chi connectivity index (χ0) is 17.6. The van der Waals surface area contributed by atoms with Crippen molar-refractivity contribution in [2.45, 2.75) is 19.2 Å². The SMILES string of the molecule is Cl.NCCc1nc(C(=O)NCCc2ccccc2OC(F)(F)F)cs1. The van der Waals surface area contributed by atoms with Crippen molar-refractivity contribution in [1.82, 2.24) is 10.3 Å². The number of para-hydroxylation sites is 1. The van der Waals surface area contributed by atoms with Gasteiger partial charge in [-0.2, -0.15) is 0 Å². The Morgan fingerprint density at radius 1 is 1.28 bits per heavy atom. The van der Waals surface area contributed by atoms with Crippen molar-refractivity contribution in [2.75, 3.05) is 13.1 Å². The van der Waals surface area contributed by atoms with Crippen molar-refractivity contribution in [2.24, 2.45) is 5.73 Å². The molecule has 138 valence electrons. The lowest BCUT2D eigenvalue weighted by Crippen LogP contribution is -2.26. The summed E-state index contributed by atoms with van der Waals surface area (Å²) in [6, 6.07) is 5.83. The van der Waals surface area contributed by atoms with E-state index in [4.69, 9.17) is 5.73 Å². The fourth-order valence-corrected chi connectivity index (χ4v) is 2.78. The number of halogens is 4. The van der Waals surface area contributed by atoms with Gasteiger partial charge in [-0.05, 0) is 24.6 Å². The molecule has 2 aromatic rings. The minimum Gasteiger partial charge on any atom is -0.406 e. The minimum absolute atomic E-state index is 0. The third-order valence-corrected chi connectivity index (χ3v) is 3.93. The number of thiazole rings is 1. The number of hydrogen-bond donors (Lipinski definition) is 2. The zero-order valence-corrected chi connectivity index (χ0v) is 14.6. The Morgan fingerprint density at radius 2 is 2.00 bits per heavy atom. The molecule has 1 aromatic carbocycles. The van der Waals surface area contributed by atoms with E-state index in [0.29, 0.717) is 18.5 Å². The van der Waals surface area contributed by atoms with Gasteiger partial charge in [0.2, 0.25) is 0 Å². The van der Waals surface area contributed by atoms with Crippen LogP contribution in [0.4, 0.5) is 13.2 Å². The molecular weight excluding hydrogens is 379 g/mol. The standard InChI is InChI=1S/C15H16F3N3O2S.ClH/c16-15(17,18)23-12-4-2-1-3-10(12)6-8-20-14(22)11-9-24-13(21-11)5-7-19;/h1-4,9H,5-8,19H2,(H,20,22);1H. The van der Waals surface area contributed by atoms with Crippen LogP contribution in [0.25, 0.3) is 0 Å². The summed E-state index contributed by atoms with van der Waals surface area (Å²) >= 11 is 1.34. The summed E-state index contributed by atoms with van der Waals surface area (Å²) in [6.07, 6.45) is -3.95. The molecule has 5 nitrogen and oxygen atoms in total. The predicted molar refractivity (Wildman–Crippen MR) is 91.3 cm³/mol. The van der Waals surface area contributed by atoms with Crippen molar-refractivity contribution < 1.29 is 22.7 Å². The first-order chi connectivity index (χ1) is 11.4. The highest BCUT2D eigenvalue weighted by molar-refractivity contribution is 7.09. The van der Waals surface area contributed by atoms with Gasteiger partial charge >= 0.3 is 6.36 Å². The summed E-state index contributed by atoms with van der Waals surface area (Å²) in [5.41, 5.74) is 6.06. The Bertz CT molecular complexity index is 695. The highest BCUT2D eigenvalue weighted by Gasteiger charge is 2.31. The Balaban J connectivity index is 0.00000312. The molecule has 1 aromatic heterocycles. The maximum absolute atomic E-state index is 12.4. The molecule has 0 fully saturated rings. The van der Waals surface area contributed by atoms with Gasteiger partial charge in [-0.3, -0.25) is 4.79 Å². The number of nitrogens with two attached hydrogens (primary N) is 1. The van der Waals surface area contributed by atoms with Gasteiger partial charge in [0, 0.05) is 18.3 Å². The maximum atomic E-state index is 12.4. The summed E-state index contributed by atoms with van der Waals surface area (Å²) in [5.74, 6) is -0.637. The van der Waals surface area contributed by atoms with E-state index < -0.39 is 6.36 Å². The Labute approximate surface area is 152 Å². The second kappa shape index (κ2) is 9.59. The van der Waals surface area contributed by atoms with Gasteiger partial charge in [-0.1, -0.05) is 18.2 Å². The Hall–Kier alpha value is -1.84. The van der Waals surface area contributed by atoms with Crippen LogP contribution in [-0.2, 0) is 12.8 Å². The molecule has 1 heterocycles. The molecule has 0 unspecified atom stereocenters. The molecule has 0 aliphatic carbocycles. The summed E-state index contributed by atoms with van der Waals surface area (Å²) in [7, 11) is 0. The number of benzene rings is 1. The average molecular weight is 396 g/mol. The Morgan fingerprint density at radius 3 is 2.68 bits per heavy atom. The van der Waals surface area contributed by atoms with Crippen LogP contribution in [0.2, 0.25) is 0 Å². The van der Waals surface area contributed by atoms with E-state index in [9.17, 15) is 18.0 Å². The molecule has 0 aliphatic heterocycles. The number of nitrogens with zero attached hydrogens (tertiary/aromatic N) is 1. The van der Waals surface area contributed by atoms with Crippen LogP contribution in [0.1, 0.15) is 21.1 Å². The summed E-state index contributed by atoms with van der Waals surface area (Å²) in [6.45, 7) is 0.616. The van der Waals surface area contributed by atoms with Gasteiger partial charge in [-0.25, -0.2) is 4.98 Å². The first-order valence-electron chi connectivity index (χ1n) is 7.15. The molecule has 0 atom stereocenters. The van der Waals surface area contributed by atoms with Crippen LogP contribution < -0.4 is 15.8 Å². The summed E-state index contributed by atoms with van der Waals surface area (Å²) in [4.78, 5) is 16.1. The van der Waals surface area contributed by atoms with Crippen molar-refractivity contribution in [3.63, 3.8) is 0 Å². The minimum atomic E-state index is -4.75.